The van der Waals surface area contributed by atoms with Crippen molar-refractivity contribution in [1.29, 1.82) is 0 Å². The summed E-state index contributed by atoms with van der Waals surface area (Å²) in [6.45, 7) is 4.01. The van der Waals surface area contributed by atoms with Crippen LogP contribution in [0.25, 0.3) is 0 Å². The van der Waals surface area contributed by atoms with E-state index in [-0.39, 0.29) is 15.9 Å². The van der Waals surface area contributed by atoms with Gasteiger partial charge in [0.25, 0.3) is 5.56 Å². The number of anilines is 1. The molecule has 0 atom stereocenters. The summed E-state index contributed by atoms with van der Waals surface area (Å²) in [5.74, 6) is 0.904. The molecular weight excluding hydrogens is 336 g/mol. The summed E-state index contributed by atoms with van der Waals surface area (Å²) in [6.07, 6.45) is 1.32. The molecule has 1 aromatic heterocycles. The zero-order chi connectivity index (χ0) is 14.7. The van der Waals surface area contributed by atoms with E-state index in [9.17, 15) is 4.79 Å². The molecule has 0 aliphatic carbocycles. The Hall–Kier alpha value is -1.86. The number of benzene rings is 1. The Kier molecular flexibility index (Phi) is 4.21. The van der Waals surface area contributed by atoms with Crippen molar-refractivity contribution in [2.75, 3.05) is 31.1 Å². The minimum Gasteiger partial charge on any atom is -0.438 e. The van der Waals surface area contributed by atoms with E-state index in [1.807, 2.05) is 24.3 Å². The van der Waals surface area contributed by atoms with E-state index in [4.69, 9.17) is 4.74 Å². The van der Waals surface area contributed by atoms with Gasteiger partial charge in [0.15, 0.2) is 0 Å². The van der Waals surface area contributed by atoms with Crippen LogP contribution in [-0.2, 0) is 0 Å². The minimum atomic E-state index is -0.266. The van der Waals surface area contributed by atoms with Gasteiger partial charge in [0.05, 0.1) is 6.33 Å². The first-order valence-corrected chi connectivity index (χ1v) is 7.50. The lowest BCUT2D eigenvalue weighted by Gasteiger charge is -2.29. The number of H-pyrrole nitrogens is 1. The number of hydrogen-bond donors (Lipinski definition) is 2. The number of hydrogen-bond acceptors (Lipinski definition) is 5. The second kappa shape index (κ2) is 6.28. The predicted octanol–water partition coefficient (Wildman–Crippen LogP) is 1.73. The zero-order valence-corrected chi connectivity index (χ0v) is 12.9. The molecule has 1 aromatic carbocycles. The van der Waals surface area contributed by atoms with Crippen molar-refractivity contribution in [2.24, 2.45) is 0 Å². The molecule has 1 aliphatic rings. The smallest absolute Gasteiger partial charge is 0.268 e. The predicted molar refractivity (Wildman–Crippen MR) is 84.2 cm³/mol. The number of halogens is 1. The molecule has 0 saturated carbocycles. The molecule has 0 bridgehead atoms. The third kappa shape index (κ3) is 3.25. The molecule has 2 aromatic rings. The van der Waals surface area contributed by atoms with E-state index in [0.717, 1.165) is 26.2 Å². The summed E-state index contributed by atoms with van der Waals surface area (Å²) in [5.41, 5.74) is 0.902. The van der Waals surface area contributed by atoms with Crippen LogP contribution < -0.4 is 20.5 Å². The van der Waals surface area contributed by atoms with Crippen molar-refractivity contribution in [3.63, 3.8) is 0 Å². The summed E-state index contributed by atoms with van der Waals surface area (Å²) < 4.78 is 5.91. The number of rotatable bonds is 3. The van der Waals surface area contributed by atoms with Gasteiger partial charge >= 0.3 is 0 Å². The van der Waals surface area contributed by atoms with Gasteiger partial charge in [0.1, 0.15) is 10.2 Å². The first-order valence-electron chi connectivity index (χ1n) is 6.71. The number of ether oxygens (including phenoxy) is 1. The van der Waals surface area contributed by atoms with Crippen molar-refractivity contribution in [1.82, 2.24) is 15.3 Å². The van der Waals surface area contributed by atoms with E-state index >= 15 is 0 Å². The van der Waals surface area contributed by atoms with Crippen LogP contribution in [-0.4, -0.2) is 36.1 Å². The fraction of sp³-hybridized carbons (Fsp3) is 0.286. The van der Waals surface area contributed by atoms with E-state index in [1.165, 1.54) is 12.0 Å². The Morgan fingerprint density at radius 2 is 1.90 bits per heavy atom. The van der Waals surface area contributed by atoms with Gasteiger partial charge in [-0.3, -0.25) is 4.79 Å². The molecule has 21 heavy (non-hydrogen) atoms. The molecule has 2 heterocycles. The molecule has 7 heteroatoms. The van der Waals surface area contributed by atoms with Crippen molar-refractivity contribution in [3.05, 3.63) is 45.4 Å². The van der Waals surface area contributed by atoms with Gasteiger partial charge < -0.3 is 19.9 Å². The quantitative estimate of drug-likeness (QED) is 0.882. The standard InChI is InChI=1S/C14H15BrN4O2/c15-12-13(20)17-9-18-14(12)21-11-3-1-10(2-4-11)19-7-5-16-6-8-19/h1-4,9,16H,5-8H2,(H,17,18,20). The molecule has 0 amide bonds. The first-order chi connectivity index (χ1) is 10.2. The third-order valence-corrected chi connectivity index (χ3v) is 4.00. The maximum absolute atomic E-state index is 11.5. The number of aromatic amines is 1. The molecule has 6 nitrogen and oxygen atoms in total. The third-order valence-electron chi connectivity index (χ3n) is 3.30. The molecule has 0 spiro atoms. The van der Waals surface area contributed by atoms with E-state index in [2.05, 4.69) is 36.1 Å². The van der Waals surface area contributed by atoms with Crippen LogP contribution in [0.4, 0.5) is 5.69 Å². The maximum Gasteiger partial charge on any atom is 0.268 e. The van der Waals surface area contributed by atoms with Crippen molar-refractivity contribution in [2.45, 2.75) is 0 Å². The number of piperazine rings is 1. The Morgan fingerprint density at radius 3 is 2.62 bits per heavy atom. The Morgan fingerprint density at radius 1 is 1.19 bits per heavy atom. The van der Waals surface area contributed by atoms with Gasteiger partial charge in [-0.15, -0.1) is 0 Å². The van der Waals surface area contributed by atoms with Gasteiger partial charge in [-0.25, -0.2) is 4.98 Å². The Labute approximate surface area is 130 Å². The SMILES string of the molecule is O=c1[nH]cnc(Oc2ccc(N3CCNCC3)cc2)c1Br. The van der Waals surface area contributed by atoms with Crippen LogP contribution in [0.2, 0.25) is 0 Å². The van der Waals surface area contributed by atoms with E-state index < -0.39 is 0 Å². The average Bonchev–Trinajstić information content (AvgIpc) is 2.53. The Balaban J connectivity index is 1.75. The minimum absolute atomic E-state index is 0.258. The fourth-order valence-corrected chi connectivity index (χ4v) is 2.50. The van der Waals surface area contributed by atoms with Crippen LogP contribution >= 0.6 is 15.9 Å². The second-order valence-corrected chi connectivity index (χ2v) is 5.48. The van der Waals surface area contributed by atoms with Gasteiger partial charge in [0.2, 0.25) is 5.88 Å². The molecule has 1 aliphatic heterocycles. The summed E-state index contributed by atoms with van der Waals surface area (Å²) in [6, 6.07) is 7.79. The lowest BCUT2D eigenvalue weighted by Crippen LogP contribution is -2.43. The maximum atomic E-state index is 11.5. The topological polar surface area (TPSA) is 70.2 Å². The van der Waals surface area contributed by atoms with Gasteiger partial charge in [-0.05, 0) is 40.2 Å². The van der Waals surface area contributed by atoms with Gasteiger partial charge in [0, 0.05) is 31.9 Å². The van der Waals surface area contributed by atoms with Crippen LogP contribution in [0.1, 0.15) is 0 Å². The summed E-state index contributed by atoms with van der Waals surface area (Å²) in [4.78, 5) is 20.3. The normalized spacial score (nSPS) is 15.0. The lowest BCUT2D eigenvalue weighted by molar-refractivity contribution is 0.457. The summed E-state index contributed by atoms with van der Waals surface area (Å²) in [5, 5.41) is 3.33. The molecule has 1 fully saturated rings. The summed E-state index contributed by atoms with van der Waals surface area (Å²) >= 11 is 3.17. The van der Waals surface area contributed by atoms with Crippen molar-refractivity contribution >= 4 is 21.6 Å². The van der Waals surface area contributed by atoms with Gasteiger partial charge in [-0.2, -0.15) is 0 Å². The lowest BCUT2D eigenvalue weighted by atomic mass is 10.2. The van der Waals surface area contributed by atoms with Crippen LogP contribution in [0.15, 0.2) is 39.9 Å². The summed E-state index contributed by atoms with van der Waals surface area (Å²) in [7, 11) is 0. The highest BCUT2D eigenvalue weighted by Crippen LogP contribution is 2.26. The number of nitrogens with zero attached hydrogens (tertiary/aromatic N) is 2. The fourth-order valence-electron chi connectivity index (χ4n) is 2.20. The van der Waals surface area contributed by atoms with Crippen LogP contribution in [0.3, 0.4) is 0 Å². The number of nitrogens with one attached hydrogen (secondary N) is 2. The largest absolute Gasteiger partial charge is 0.438 e. The van der Waals surface area contributed by atoms with Crippen LogP contribution in [0.5, 0.6) is 11.6 Å². The highest BCUT2D eigenvalue weighted by Gasteiger charge is 2.11. The molecule has 110 valence electrons. The van der Waals surface area contributed by atoms with Crippen molar-refractivity contribution in [3.8, 4) is 11.6 Å². The Bertz CT molecular complexity index is 665. The monoisotopic (exact) mass is 350 g/mol. The average molecular weight is 351 g/mol. The van der Waals surface area contributed by atoms with Crippen LogP contribution in [0, 0.1) is 0 Å². The molecule has 3 rings (SSSR count). The first kappa shape index (κ1) is 14.1. The van der Waals surface area contributed by atoms with E-state index in [1.54, 1.807) is 0 Å². The molecule has 0 unspecified atom stereocenters. The molecular formula is C14H15BrN4O2. The molecule has 1 saturated heterocycles. The highest BCUT2D eigenvalue weighted by molar-refractivity contribution is 9.10. The van der Waals surface area contributed by atoms with Gasteiger partial charge in [-0.1, -0.05) is 0 Å². The van der Waals surface area contributed by atoms with Crippen molar-refractivity contribution < 1.29 is 4.74 Å². The second-order valence-electron chi connectivity index (χ2n) is 4.68. The molecule has 0 radical (unpaired) electrons. The highest BCUT2D eigenvalue weighted by atomic mass is 79.9. The molecule has 2 N–H and O–H groups in total. The van der Waals surface area contributed by atoms with E-state index in [0.29, 0.717) is 5.75 Å². The number of aromatic nitrogens is 2. The zero-order valence-electron chi connectivity index (χ0n) is 11.3.